The second-order valence-corrected chi connectivity index (χ2v) is 10.8. The molecule has 11 heteroatoms. The summed E-state index contributed by atoms with van der Waals surface area (Å²) in [7, 11) is 1.56. The van der Waals surface area contributed by atoms with Crippen LogP contribution in [0.4, 0.5) is 5.69 Å². The van der Waals surface area contributed by atoms with E-state index >= 15 is 0 Å². The number of hydrogen-bond acceptors (Lipinski definition) is 6. The van der Waals surface area contributed by atoms with Crippen molar-refractivity contribution in [3.8, 4) is 17.1 Å². The summed E-state index contributed by atoms with van der Waals surface area (Å²) in [6.07, 6.45) is 3.51. The van der Waals surface area contributed by atoms with Crippen molar-refractivity contribution in [3.05, 3.63) is 114 Å². The largest absolute Gasteiger partial charge is 0.496 e. The highest BCUT2D eigenvalue weighted by Crippen LogP contribution is 2.34. The zero-order valence-corrected chi connectivity index (χ0v) is 24.7. The number of pyridine rings is 1. The molecule has 0 unspecified atom stereocenters. The van der Waals surface area contributed by atoms with Crippen LogP contribution >= 0.6 is 0 Å². The number of aromatic nitrogens is 3. The number of H-pyrrole nitrogens is 1. The number of methoxy groups -OCH3 is 1. The molecule has 0 fully saturated rings. The number of nitrogens with zero attached hydrogens (tertiary/aromatic N) is 3. The molecule has 2 aromatic heterocycles. The maximum absolute atomic E-state index is 14.4. The minimum Gasteiger partial charge on any atom is -0.496 e. The van der Waals surface area contributed by atoms with Crippen molar-refractivity contribution in [2.45, 2.75) is 19.8 Å². The normalized spacial score (nSPS) is 13.2. The molecule has 0 spiro atoms. The summed E-state index contributed by atoms with van der Waals surface area (Å²) in [4.78, 5) is 53.8. The fraction of sp³-hybridized carbons (Fsp3) is 0.176. The van der Waals surface area contributed by atoms with Gasteiger partial charge in [-0.15, -0.1) is 0 Å². The molecule has 0 saturated heterocycles. The Labute approximate surface area is 256 Å². The summed E-state index contributed by atoms with van der Waals surface area (Å²) in [6.45, 7) is 8.04. The number of nitrogens with one attached hydrogen (secondary N) is 1. The predicted molar refractivity (Wildman–Crippen MR) is 171 cm³/mol. The highest BCUT2D eigenvalue weighted by Gasteiger charge is 2.21. The molecule has 0 aliphatic carbocycles. The molecule has 5 aromatic rings. The van der Waals surface area contributed by atoms with E-state index < -0.39 is 23.1 Å². The molecule has 1 aliphatic rings. The Hall–Kier alpha value is -5.84. The zero-order chi connectivity index (χ0) is 32.0. The van der Waals surface area contributed by atoms with Gasteiger partial charge in [-0.3, -0.25) is 19.3 Å². The highest BCUT2D eigenvalue weighted by molar-refractivity contribution is 5.89. The minimum atomic E-state index is -1.17. The number of rotatable bonds is 7. The molecule has 0 atom stereocenters. The first kappa shape index (κ1) is 29.2. The van der Waals surface area contributed by atoms with Gasteiger partial charge in [0.2, 0.25) is 0 Å². The SMILES string of the molecule is C=c1c(=Cc2cc3c(cc2OC)N(CC)CCC3)c(=O)n(-c2cccc(C(=O)O)c2)c2[nH]n(-c3ccc(C(=O)O)cc3)c(=O)c12. The summed E-state index contributed by atoms with van der Waals surface area (Å²) in [6, 6.07) is 15.5. The van der Waals surface area contributed by atoms with Crippen molar-refractivity contribution in [3.63, 3.8) is 0 Å². The van der Waals surface area contributed by atoms with Crippen LogP contribution in [0.5, 0.6) is 5.75 Å². The van der Waals surface area contributed by atoms with Gasteiger partial charge in [-0.25, -0.2) is 14.3 Å². The average molecular weight is 607 g/mol. The van der Waals surface area contributed by atoms with E-state index in [-0.39, 0.29) is 38.3 Å². The molecule has 228 valence electrons. The highest BCUT2D eigenvalue weighted by atomic mass is 16.5. The van der Waals surface area contributed by atoms with E-state index in [0.29, 0.717) is 17.0 Å². The number of aromatic carboxylic acids is 2. The number of ether oxygens (including phenoxy) is 1. The van der Waals surface area contributed by atoms with E-state index in [0.717, 1.165) is 37.2 Å². The molecule has 0 radical (unpaired) electrons. The molecule has 3 N–H and O–H groups in total. The summed E-state index contributed by atoms with van der Waals surface area (Å²) in [5.41, 5.74) is 2.45. The molecule has 3 aromatic carbocycles. The second kappa shape index (κ2) is 11.3. The predicted octanol–water partition coefficient (Wildman–Crippen LogP) is 2.89. The lowest BCUT2D eigenvalue weighted by atomic mass is 9.97. The Balaban J connectivity index is 1.69. The van der Waals surface area contributed by atoms with E-state index in [4.69, 9.17) is 4.74 Å². The van der Waals surface area contributed by atoms with Crippen LogP contribution < -0.4 is 31.2 Å². The standard InChI is InChI=1S/C34H30N4O7/c1-4-36-14-6-8-21-15-23(28(45-3)18-27(21)36)17-26-19(2)29-30(37(31(26)39)25-9-5-7-22(16-25)34(43)44)35-38(32(29)40)24-12-10-20(11-13-24)33(41)42/h5,7,9-13,15-18,35H,2,4,6,8,14H2,1,3H3,(H,41,42)(H,43,44). The van der Waals surface area contributed by atoms with Crippen LogP contribution in [0, 0.1) is 0 Å². The van der Waals surface area contributed by atoms with Crippen LogP contribution in [0.15, 0.2) is 70.3 Å². The number of carbonyl (C=O) groups is 2. The number of anilines is 1. The summed E-state index contributed by atoms with van der Waals surface area (Å²) < 4.78 is 8.20. The molecule has 0 bridgehead atoms. The Bertz CT molecular complexity index is 2240. The van der Waals surface area contributed by atoms with Crippen molar-refractivity contribution in [2.75, 3.05) is 25.1 Å². The minimum absolute atomic E-state index is 0.0420. The molecule has 6 rings (SSSR count). The lowest BCUT2D eigenvalue weighted by Gasteiger charge is -2.31. The van der Waals surface area contributed by atoms with Crippen LogP contribution in [-0.4, -0.2) is 56.7 Å². The maximum atomic E-state index is 14.4. The van der Waals surface area contributed by atoms with Gasteiger partial charge >= 0.3 is 11.9 Å². The quantitative estimate of drug-likeness (QED) is 0.256. The summed E-state index contributed by atoms with van der Waals surface area (Å²) >= 11 is 0. The molecule has 1 aliphatic heterocycles. The van der Waals surface area contributed by atoms with Gasteiger partial charge in [-0.2, -0.15) is 0 Å². The lowest BCUT2D eigenvalue weighted by Crippen LogP contribution is -2.45. The van der Waals surface area contributed by atoms with Gasteiger partial charge in [0.25, 0.3) is 11.1 Å². The van der Waals surface area contributed by atoms with E-state index in [1.807, 2.05) is 12.1 Å². The van der Waals surface area contributed by atoms with Gasteiger partial charge in [0.15, 0.2) is 0 Å². The lowest BCUT2D eigenvalue weighted by molar-refractivity contribution is 0.0686. The maximum Gasteiger partial charge on any atom is 0.335 e. The molecule has 0 saturated carbocycles. The molecular formula is C34H30N4O7. The van der Waals surface area contributed by atoms with Crippen LogP contribution in [0.25, 0.3) is 35.1 Å². The van der Waals surface area contributed by atoms with Crippen molar-refractivity contribution < 1.29 is 24.5 Å². The van der Waals surface area contributed by atoms with Crippen molar-refractivity contribution in [2.24, 2.45) is 0 Å². The molecule has 45 heavy (non-hydrogen) atoms. The second-order valence-electron chi connectivity index (χ2n) is 10.8. The number of fused-ring (bicyclic) bond motifs is 2. The Morgan fingerprint density at radius 2 is 1.71 bits per heavy atom. The monoisotopic (exact) mass is 606 g/mol. The first-order valence-electron chi connectivity index (χ1n) is 14.4. The number of carboxylic acids is 2. The Morgan fingerprint density at radius 3 is 2.38 bits per heavy atom. The van der Waals surface area contributed by atoms with Gasteiger partial charge in [-0.1, -0.05) is 12.6 Å². The van der Waals surface area contributed by atoms with Crippen LogP contribution in [0.2, 0.25) is 0 Å². The van der Waals surface area contributed by atoms with Gasteiger partial charge in [-0.05, 0) is 85.2 Å². The molecule has 11 nitrogen and oxygen atoms in total. The average Bonchev–Trinajstić information content (AvgIpc) is 3.38. The third-order valence-electron chi connectivity index (χ3n) is 8.21. The number of carboxylic acid groups (broad SMARTS) is 2. The van der Waals surface area contributed by atoms with Crippen LogP contribution in [0.3, 0.4) is 0 Å². The van der Waals surface area contributed by atoms with Crippen molar-refractivity contribution in [1.29, 1.82) is 0 Å². The van der Waals surface area contributed by atoms with Gasteiger partial charge in [0.1, 0.15) is 11.4 Å². The summed E-state index contributed by atoms with van der Waals surface area (Å²) in [5.74, 6) is -1.73. The fourth-order valence-electron chi connectivity index (χ4n) is 5.94. The van der Waals surface area contributed by atoms with E-state index in [2.05, 4.69) is 23.5 Å². The van der Waals surface area contributed by atoms with E-state index in [9.17, 15) is 29.4 Å². The first-order valence-corrected chi connectivity index (χ1v) is 14.4. The Morgan fingerprint density at radius 1 is 0.978 bits per heavy atom. The third kappa shape index (κ3) is 4.97. The fourth-order valence-corrected chi connectivity index (χ4v) is 5.94. The zero-order valence-electron chi connectivity index (χ0n) is 24.7. The first-order chi connectivity index (χ1) is 21.6. The number of benzene rings is 3. The van der Waals surface area contributed by atoms with Gasteiger partial charge in [0.05, 0.1) is 35.0 Å². The third-order valence-corrected chi connectivity index (χ3v) is 8.21. The Kier molecular flexibility index (Phi) is 7.37. The molecule has 3 heterocycles. The van der Waals surface area contributed by atoms with Crippen molar-refractivity contribution in [1.82, 2.24) is 14.3 Å². The van der Waals surface area contributed by atoms with E-state index in [1.54, 1.807) is 19.3 Å². The summed E-state index contributed by atoms with van der Waals surface area (Å²) in [5, 5.41) is 22.4. The van der Waals surface area contributed by atoms with Gasteiger partial charge in [0, 0.05) is 35.6 Å². The number of hydrogen-bond donors (Lipinski definition) is 3. The van der Waals surface area contributed by atoms with Crippen LogP contribution in [-0.2, 0) is 6.42 Å². The molecular weight excluding hydrogens is 576 g/mol. The molecule has 0 amide bonds. The van der Waals surface area contributed by atoms with Crippen molar-refractivity contribution >= 4 is 41.3 Å². The van der Waals surface area contributed by atoms with Gasteiger partial charge < -0.3 is 19.8 Å². The smallest absolute Gasteiger partial charge is 0.335 e. The number of aryl methyl sites for hydroxylation is 1. The topological polar surface area (TPSA) is 147 Å². The van der Waals surface area contributed by atoms with Crippen LogP contribution in [0.1, 0.15) is 45.2 Å². The van der Waals surface area contributed by atoms with E-state index in [1.165, 1.54) is 51.7 Å². The number of aromatic amines is 1.